The zero-order chi connectivity index (χ0) is 15.4. The van der Waals surface area contributed by atoms with Crippen molar-refractivity contribution in [1.82, 2.24) is 0 Å². The first-order valence-electron chi connectivity index (χ1n) is 6.59. The molecular weight excluding hydrogens is 284 g/mol. The van der Waals surface area contributed by atoms with E-state index in [0.717, 1.165) is 5.69 Å². The zero-order valence-corrected chi connectivity index (χ0v) is 12.7. The van der Waals surface area contributed by atoms with Crippen LogP contribution in [0.1, 0.15) is 34.6 Å². The summed E-state index contributed by atoms with van der Waals surface area (Å²) in [6, 6.07) is 11.1. The van der Waals surface area contributed by atoms with Gasteiger partial charge in [-0.3, -0.25) is 0 Å². The summed E-state index contributed by atoms with van der Waals surface area (Å²) < 4.78 is 0. The van der Waals surface area contributed by atoms with E-state index in [-0.39, 0.29) is 11.6 Å². The van der Waals surface area contributed by atoms with Gasteiger partial charge in [0.15, 0.2) is 0 Å². The van der Waals surface area contributed by atoms with Gasteiger partial charge < -0.3 is 10.0 Å². The summed E-state index contributed by atoms with van der Waals surface area (Å²) in [6.45, 7) is 4.82. The van der Waals surface area contributed by atoms with Crippen LogP contribution in [0.5, 0.6) is 0 Å². The quantitative estimate of drug-likeness (QED) is 0.913. The van der Waals surface area contributed by atoms with E-state index in [0.29, 0.717) is 12.1 Å². The molecule has 0 unspecified atom stereocenters. The third-order valence-electron chi connectivity index (χ3n) is 3.20. The van der Waals surface area contributed by atoms with Crippen LogP contribution in [0.15, 0.2) is 35.7 Å². The lowest BCUT2D eigenvalue weighted by atomic mass is 10.1. The molecule has 0 bridgehead atoms. The second-order valence-electron chi connectivity index (χ2n) is 4.95. The van der Waals surface area contributed by atoms with E-state index >= 15 is 0 Å². The van der Waals surface area contributed by atoms with E-state index in [9.17, 15) is 10.1 Å². The number of thiophene rings is 1. The first-order valence-corrected chi connectivity index (χ1v) is 7.47. The summed E-state index contributed by atoms with van der Waals surface area (Å²) in [5.41, 5.74) is 1.29. The summed E-state index contributed by atoms with van der Waals surface area (Å²) in [4.78, 5) is 14.3. The van der Waals surface area contributed by atoms with Crippen LogP contribution in [0.3, 0.4) is 0 Å². The molecule has 0 aliphatic heterocycles. The number of aromatic carboxylic acids is 1. The van der Waals surface area contributed by atoms with Crippen LogP contribution in [0, 0.1) is 11.3 Å². The SMILES string of the molecule is CC(C)N(Cc1cccs1)c1ccc(C(=O)O)cc1C#N. The molecule has 21 heavy (non-hydrogen) atoms. The van der Waals surface area contributed by atoms with Gasteiger partial charge in [-0.25, -0.2) is 4.79 Å². The molecule has 0 fully saturated rings. The molecule has 2 aromatic rings. The van der Waals surface area contributed by atoms with Crippen molar-refractivity contribution in [2.45, 2.75) is 26.4 Å². The van der Waals surface area contributed by atoms with Gasteiger partial charge in [0.05, 0.1) is 23.4 Å². The molecule has 1 aromatic heterocycles. The molecule has 0 radical (unpaired) electrons. The van der Waals surface area contributed by atoms with Crippen molar-refractivity contribution in [1.29, 1.82) is 5.26 Å². The molecule has 0 aliphatic carbocycles. The molecule has 1 N–H and O–H groups in total. The first-order chi connectivity index (χ1) is 10.0. The number of hydrogen-bond acceptors (Lipinski definition) is 4. The van der Waals surface area contributed by atoms with Gasteiger partial charge in [0.1, 0.15) is 6.07 Å². The molecule has 1 heterocycles. The third kappa shape index (κ3) is 3.41. The van der Waals surface area contributed by atoms with Gasteiger partial charge in [-0.15, -0.1) is 11.3 Å². The Morgan fingerprint density at radius 3 is 2.71 bits per heavy atom. The van der Waals surface area contributed by atoms with E-state index < -0.39 is 5.97 Å². The molecular formula is C16H16N2O2S. The first kappa shape index (κ1) is 15.1. The van der Waals surface area contributed by atoms with Crippen LogP contribution in [-0.4, -0.2) is 17.1 Å². The van der Waals surface area contributed by atoms with E-state index in [1.165, 1.54) is 10.9 Å². The van der Waals surface area contributed by atoms with Crippen LogP contribution >= 0.6 is 11.3 Å². The highest BCUT2D eigenvalue weighted by molar-refractivity contribution is 7.09. The molecule has 1 aromatic carbocycles. The monoisotopic (exact) mass is 300 g/mol. The van der Waals surface area contributed by atoms with Gasteiger partial charge in [-0.2, -0.15) is 5.26 Å². The van der Waals surface area contributed by atoms with Gasteiger partial charge in [-0.1, -0.05) is 6.07 Å². The third-order valence-corrected chi connectivity index (χ3v) is 4.06. The predicted molar refractivity (Wildman–Crippen MR) is 83.8 cm³/mol. The average Bonchev–Trinajstić information content (AvgIpc) is 2.96. The topological polar surface area (TPSA) is 64.3 Å². The Balaban J connectivity index is 2.40. The second kappa shape index (κ2) is 6.42. The number of hydrogen-bond donors (Lipinski definition) is 1. The highest BCUT2D eigenvalue weighted by Crippen LogP contribution is 2.26. The molecule has 2 rings (SSSR count). The number of rotatable bonds is 5. The number of carbonyl (C=O) groups is 1. The Bertz CT molecular complexity index is 672. The largest absolute Gasteiger partial charge is 0.478 e. The van der Waals surface area contributed by atoms with Crippen molar-refractivity contribution in [3.8, 4) is 6.07 Å². The maximum atomic E-state index is 11.0. The molecule has 108 valence electrons. The Morgan fingerprint density at radius 1 is 1.43 bits per heavy atom. The van der Waals surface area contributed by atoms with Crippen LogP contribution < -0.4 is 4.90 Å². The minimum Gasteiger partial charge on any atom is -0.478 e. The van der Waals surface area contributed by atoms with Crippen molar-refractivity contribution in [3.05, 3.63) is 51.7 Å². The Kier molecular flexibility index (Phi) is 4.61. The van der Waals surface area contributed by atoms with Crippen LogP contribution in [-0.2, 0) is 6.54 Å². The highest BCUT2D eigenvalue weighted by Gasteiger charge is 2.17. The molecule has 0 saturated carbocycles. The fourth-order valence-corrected chi connectivity index (χ4v) is 2.83. The summed E-state index contributed by atoms with van der Waals surface area (Å²) in [5.74, 6) is -1.02. The number of anilines is 1. The Morgan fingerprint density at radius 2 is 2.19 bits per heavy atom. The number of carboxylic acids is 1. The predicted octanol–water partition coefficient (Wildman–Crippen LogP) is 3.73. The molecule has 0 amide bonds. The van der Waals surface area contributed by atoms with Crippen molar-refractivity contribution in [2.24, 2.45) is 0 Å². The lowest BCUT2D eigenvalue weighted by Crippen LogP contribution is -2.30. The molecule has 0 atom stereocenters. The van der Waals surface area contributed by atoms with Gasteiger partial charge in [0.25, 0.3) is 0 Å². The van der Waals surface area contributed by atoms with Crippen molar-refractivity contribution >= 4 is 23.0 Å². The van der Waals surface area contributed by atoms with Crippen molar-refractivity contribution < 1.29 is 9.90 Å². The summed E-state index contributed by atoms with van der Waals surface area (Å²) in [5, 5.41) is 20.4. The van der Waals surface area contributed by atoms with E-state index in [1.54, 1.807) is 23.5 Å². The van der Waals surface area contributed by atoms with Gasteiger partial charge in [-0.05, 0) is 43.5 Å². The van der Waals surface area contributed by atoms with E-state index in [4.69, 9.17) is 5.11 Å². The molecule has 0 saturated heterocycles. The fraction of sp³-hybridized carbons (Fsp3) is 0.250. The number of nitrogens with zero attached hydrogens (tertiary/aromatic N) is 2. The summed E-state index contributed by atoms with van der Waals surface area (Å²) in [6.07, 6.45) is 0. The zero-order valence-electron chi connectivity index (χ0n) is 11.9. The van der Waals surface area contributed by atoms with Crippen LogP contribution in [0.4, 0.5) is 5.69 Å². The average molecular weight is 300 g/mol. The second-order valence-corrected chi connectivity index (χ2v) is 5.98. The summed E-state index contributed by atoms with van der Waals surface area (Å²) in [7, 11) is 0. The van der Waals surface area contributed by atoms with Gasteiger partial charge in [0.2, 0.25) is 0 Å². The fourth-order valence-electron chi connectivity index (χ4n) is 2.13. The van der Waals surface area contributed by atoms with Crippen molar-refractivity contribution in [3.63, 3.8) is 0 Å². The number of carboxylic acid groups (broad SMARTS) is 1. The molecule has 0 aliphatic rings. The maximum Gasteiger partial charge on any atom is 0.335 e. The summed E-state index contributed by atoms with van der Waals surface area (Å²) >= 11 is 1.67. The smallest absolute Gasteiger partial charge is 0.335 e. The van der Waals surface area contributed by atoms with E-state index in [2.05, 4.69) is 30.9 Å². The van der Waals surface area contributed by atoms with Gasteiger partial charge >= 0.3 is 5.97 Å². The number of nitriles is 1. The Labute approximate surface area is 127 Å². The minimum atomic E-state index is -1.02. The van der Waals surface area contributed by atoms with Crippen molar-refractivity contribution in [2.75, 3.05) is 4.90 Å². The highest BCUT2D eigenvalue weighted by atomic mass is 32.1. The van der Waals surface area contributed by atoms with Gasteiger partial charge in [0, 0.05) is 10.9 Å². The van der Waals surface area contributed by atoms with Crippen LogP contribution in [0.2, 0.25) is 0 Å². The minimum absolute atomic E-state index is 0.134. The van der Waals surface area contributed by atoms with E-state index in [1.807, 2.05) is 11.4 Å². The normalized spacial score (nSPS) is 10.4. The lowest BCUT2D eigenvalue weighted by molar-refractivity contribution is 0.0697. The maximum absolute atomic E-state index is 11.0. The molecule has 5 heteroatoms. The van der Waals surface area contributed by atoms with Crippen LogP contribution in [0.25, 0.3) is 0 Å². The Hall–Kier alpha value is -2.32. The lowest BCUT2D eigenvalue weighted by Gasteiger charge is -2.29. The molecule has 0 spiro atoms. The molecule has 4 nitrogen and oxygen atoms in total. The number of benzene rings is 1. The standard InChI is InChI=1S/C16H16N2O2S/c1-11(2)18(10-14-4-3-7-21-14)15-6-5-12(16(19)20)8-13(15)9-17/h3-8,11H,10H2,1-2H3,(H,19,20).